The predicted octanol–water partition coefficient (Wildman–Crippen LogP) is 3.00. The molecule has 3 N–H and O–H groups in total. The number of allylic oxidation sites excluding steroid dienone is 1. The van der Waals surface area contributed by atoms with E-state index in [-0.39, 0.29) is 25.5 Å². The molecule has 148 valence electrons. The lowest BCUT2D eigenvalue weighted by Gasteiger charge is -2.12. The summed E-state index contributed by atoms with van der Waals surface area (Å²) in [5, 5.41) is 2.74. The van der Waals surface area contributed by atoms with Gasteiger partial charge in [-0.3, -0.25) is 9.59 Å². The van der Waals surface area contributed by atoms with Crippen LogP contribution in [0.2, 0.25) is 0 Å². The van der Waals surface area contributed by atoms with Crippen LogP contribution in [0.25, 0.3) is 6.08 Å². The van der Waals surface area contributed by atoms with Crippen molar-refractivity contribution in [2.75, 3.05) is 25.6 Å². The molecule has 0 aliphatic heterocycles. The van der Waals surface area contributed by atoms with Gasteiger partial charge in [0.25, 0.3) is 5.91 Å². The van der Waals surface area contributed by atoms with Gasteiger partial charge in [-0.1, -0.05) is 18.2 Å². The Morgan fingerprint density at radius 3 is 2.46 bits per heavy atom. The summed E-state index contributed by atoms with van der Waals surface area (Å²) >= 11 is 0. The number of amides is 2. The van der Waals surface area contributed by atoms with Crippen molar-refractivity contribution in [3.63, 3.8) is 0 Å². The van der Waals surface area contributed by atoms with Crippen LogP contribution in [0.15, 0.2) is 48.5 Å². The van der Waals surface area contributed by atoms with Crippen molar-refractivity contribution in [3.05, 3.63) is 54.1 Å². The zero-order valence-corrected chi connectivity index (χ0v) is 15.9. The van der Waals surface area contributed by atoms with Crippen LogP contribution in [0.3, 0.4) is 0 Å². The lowest BCUT2D eigenvalue weighted by molar-refractivity contribution is -0.119. The van der Waals surface area contributed by atoms with Crippen molar-refractivity contribution in [2.45, 2.75) is 13.3 Å². The van der Waals surface area contributed by atoms with Crippen molar-refractivity contribution >= 4 is 23.6 Å². The molecule has 28 heavy (non-hydrogen) atoms. The zero-order valence-electron chi connectivity index (χ0n) is 15.9. The Kier molecular flexibility index (Phi) is 7.90. The van der Waals surface area contributed by atoms with Gasteiger partial charge < -0.3 is 25.3 Å². The number of nitrogens with one attached hydrogen (secondary N) is 1. The summed E-state index contributed by atoms with van der Waals surface area (Å²) < 4.78 is 16.3. The molecule has 0 heterocycles. The highest BCUT2D eigenvalue weighted by Gasteiger charge is 2.09. The summed E-state index contributed by atoms with van der Waals surface area (Å²) in [6, 6.07) is 12.3. The molecule has 7 heteroatoms. The Balaban J connectivity index is 1.86. The number of nitrogens with two attached hydrogens (primary N) is 1. The highest BCUT2D eigenvalue weighted by atomic mass is 16.5. The van der Waals surface area contributed by atoms with Crippen molar-refractivity contribution in [1.29, 1.82) is 0 Å². The lowest BCUT2D eigenvalue weighted by Crippen LogP contribution is -2.20. The van der Waals surface area contributed by atoms with E-state index in [4.69, 9.17) is 19.9 Å². The number of hydrogen-bond acceptors (Lipinski definition) is 5. The molecule has 0 aromatic heterocycles. The van der Waals surface area contributed by atoms with Crippen molar-refractivity contribution in [1.82, 2.24) is 0 Å². The fourth-order valence-electron chi connectivity index (χ4n) is 2.34. The van der Waals surface area contributed by atoms with E-state index in [2.05, 4.69) is 5.32 Å². The highest BCUT2D eigenvalue weighted by Crippen LogP contribution is 2.28. The quantitative estimate of drug-likeness (QED) is 0.656. The topological polar surface area (TPSA) is 99.9 Å². The molecule has 2 aromatic carbocycles. The Morgan fingerprint density at radius 2 is 1.82 bits per heavy atom. The van der Waals surface area contributed by atoms with E-state index in [0.29, 0.717) is 22.9 Å². The Morgan fingerprint density at radius 1 is 1.07 bits per heavy atom. The molecular weight excluding hydrogens is 360 g/mol. The summed E-state index contributed by atoms with van der Waals surface area (Å²) in [4.78, 5) is 22.8. The maximum Gasteiger partial charge on any atom is 0.262 e. The second-order valence-electron chi connectivity index (χ2n) is 5.84. The molecule has 0 aliphatic rings. The third kappa shape index (κ3) is 6.68. The molecule has 0 fully saturated rings. The van der Waals surface area contributed by atoms with E-state index in [9.17, 15) is 9.59 Å². The smallest absolute Gasteiger partial charge is 0.262 e. The van der Waals surface area contributed by atoms with E-state index < -0.39 is 5.91 Å². The molecule has 0 unspecified atom stereocenters. The fraction of sp³-hybridized carbons (Fsp3) is 0.238. The highest BCUT2D eigenvalue weighted by molar-refractivity contribution is 5.92. The summed E-state index contributed by atoms with van der Waals surface area (Å²) in [5.74, 6) is 0.908. The van der Waals surface area contributed by atoms with Gasteiger partial charge >= 0.3 is 0 Å². The van der Waals surface area contributed by atoms with Crippen molar-refractivity contribution in [2.24, 2.45) is 5.73 Å². The van der Waals surface area contributed by atoms with Crippen LogP contribution >= 0.6 is 0 Å². The Hall–Kier alpha value is -3.48. The third-order valence-corrected chi connectivity index (χ3v) is 3.66. The molecule has 2 rings (SSSR count). The van der Waals surface area contributed by atoms with E-state index in [1.165, 1.54) is 0 Å². The number of methoxy groups -OCH3 is 1. The molecule has 0 spiro atoms. The molecule has 2 amide bonds. The number of benzene rings is 2. The van der Waals surface area contributed by atoms with Gasteiger partial charge in [0.15, 0.2) is 18.1 Å². The number of primary amides is 1. The maximum absolute atomic E-state index is 12.1. The van der Waals surface area contributed by atoms with Gasteiger partial charge in [0, 0.05) is 5.69 Å². The van der Waals surface area contributed by atoms with Gasteiger partial charge in [-0.2, -0.15) is 0 Å². The second kappa shape index (κ2) is 10.6. The van der Waals surface area contributed by atoms with Gasteiger partial charge in [0.05, 0.1) is 20.1 Å². The molecular formula is C21H24N2O5. The normalized spacial score (nSPS) is 10.5. The molecule has 0 aliphatic carbocycles. The van der Waals surface area contributed by atoms with Crippen LogP contribution in [0.5, 0.6) is 17.2 Å². The van der Waals surface area contributed by atoms with Gasteiger partial charge in [-0.25, -0.2) is 0 Å². The van der Waals surface area contributed by atoms with E-state index >= 15 is 0 Å². The van der Waals surface area contributed by atoms with Crippen LogP contribution in [0, 0.1) is 0 Å². The second-order valence-corrected chi connectivity index (χ2v) is 5.84. The van der Waals surface area contributed by atoms with Crippen LogP contribution in [0.4, 0.5) is 5.69 Å². The maximum atomic E-state index is 12.1. The minimum absolute atomic E-state index is 0.148. The monoisotopic (exact) mass is 384 g/mol. The lowest BCUT2D eigenvalue weighted by atomic mass is 10.2. The van der Waals surface area contributed by atoms with Gasteiger partial charge in [0.2, 0.25) is 5.91 Å². The molecule has 0 saturated carbocycles. The zero-order chi connectivity index (χ0) is 20.4. The summed E-state index contributed by atoms with van der Waals surface area (Å²) in [6.45, 7) is 1.99. The first-order chi connectivity index (χ1) is 13.5. The van der Waals surface area contributed by atoms with Crippen LogP contribution in [0.1, 0.15) is 18.9 Å². The van der Waals surface area contributed by atoms with Crippen LogP contribution < -0.4 is 25.3 Å². The van der Waals surface area contributed by atoms with Crippen molar-refractivity contribution < 1.29 is 23.8 Å². The van der Waals surface area contributed by atoms with Gasteiger partial charge in [-0.15, -0.1) is 0 Å². The molecule has 0 radical (unpaired) electrons. The molecule has 0 atom stereocenters. The minimum Gasteiger partial charge on any atom is -0.493 e. The molecule has 2 aromatic rings. The summed E-state index contributed by atoms with van der Waals surface area (Å²) in [6.07, 6.45) is 4.02. The Bertz CT molecular complexity index is 831. The number of anilines is 1. The minimum atomic E-state index is -0.419. The molecule has 7 nitrogen and oxygen atoms in total. The summed E-state index contributed by atoms with van der Waals surface area (Å²) in [7, 11) is 1.55. The summed E-state index contributed by atoms with van der Waals surface area (Å²) in [5.41, 5.74) is 6.64. The predicted molar refractivity (Wildman–Crippen MR) is 108 cm³/mol. The molecule has 0 bridgehead atoms. The van der Waals surface area contributed by atoms with Crippen LogP contribution in [-0.2, 0) is 9.59 Å². The third-order valence-electron chi connectivity index (χ3n) is 3.66. The standard InChI is InChI=1S/C21H24N2O5/c1-3-4-15-5-10-18(19(13-15)26-2)28-14-21(25)23-16-6-8-17(9-7-16)27-12-11-20(22)24/h3-10,13H,11-12,14H2,1-2H3,(H2,22,24)(H,23,25). The fourth-order valence-corrected chi connectivity index (χ4v) is 2.34. The van der Waals surface area contributed by atoms with Gasteiger partial charge in [0.1, 0.15) is 5.75 Å². The van der Waals surface area contributed by atoms with Gasteiger partial charge in [-0.05, 0) is 48.9 Å². The largest absolute Gasteiger partial charge is 0.493 e. The molecule has 0 saturated heterocycles. The van der Waals surface area contributed by atoms with Crippen LogP contribution in [-0.4, -0.2) is 32.1 Å². The number of carbonyl (C=O) groups excluding carboxylic acids is 2. The first-order valence-corrected chi connectivity index (χ1v) is 8.76. The van der Waals surface area contributed by atoms with E-state index in [0.717, 1.165) is 5.56 Å². The number of hydrogen-bond donors (Lipinski definition) is 2. The van der Waals surface area contributed by atoms with E-state index in [1.807, 2.05) is 31.2 Å². The average Bonchev–Trinajstić information content (AvgIpc) is 2.68. The SMILES string of the molecule is CC=Cc1ccc(OCC(=O)Nc2ccc(OCCC(N)=O)cc2)c(OC)c1. The first-order valence-electron chi connectivity index (χ1n) is 8.76. The Labute approximate surface area is 164 Å². The average molecular weight is 384 g/mol. The van der Waals surface area contributed by atoms with E-state index in [1.54, 1.807) is 37.4 Å². The number of carbonyl (C=O) groups is 2. The first kappa shape index (κ1) is 20.8. The van der Waals surface area contributed by atoms with Crippen molar-refractivity contribution in [3.8, 4) is 17.2 Å². The number of rotatable bonds is 10. The number of ether oxygens (including phenoxy) is 3.